The summed E-state index contributed by atoms with van der Waals surface area (Å²) in [4.78, 5) is 11.3. The van der Waals surface area contributed by atoms with E-state index in [1.165, 1.54) is 14.2 Å². The molecule has 0 heterocycles. The molecule has 14 heavy (non-hydrogen) atoms. The Morgan fingerprint density at radius 1 is 1.36 bits per heavy atom. The van der Waals surface area contributed by atoms with Gasteiger partial charge in [0.25, 0.3) is 5.91 Å². The van der Waals surface area contributed by atoms with Gasteiger partial charge < -0.3 is 9.47 Å². The van der Waals surface area contributed by atoms with Crippen molar-refractivity contribution in [2.45, 2.75) is 0 Å². The minimum atomic E-state index is -0.330. The average molecular weight is 213 g/mol. The molecule has 1 aromatic rings. The minimum Gasteiger partial charge on any atom is -0.497 e. The fourth-order valence-corrected chi connectivity index (χ4v) is 1.17. The van der Waals surface area contributed by atoms with Gasteiger partial charge in [0.2, 0.25) is 0 Å². The van der Waals surface area contributed by atoms with Crippen LogP contribution in [0.3, 0.4) is 0 Å². The van der Waals surface area contributed by atoms with E-state index in [1.807, 2.05) is 0 Å². The Balaban J connectivity index is 3.14. The summed E-state index contributed by atoms with van der Waals surface area (Å²) in [6, 6.07) is 4.97. The van der Waals surface area contributed by atoms with Crippen LogP contribution in [0, 0.1) is 0 Å². The quantitative estimate of drug-likeness (QED) is 0.743. The van der Waals surface area contributed by atoms with E-state index >= 15 is 0 Å². The predicted octanol–water partition coefficient (Wildman–Crippen LogP) is 1.28. The molecule has 0 aliphatic carbocycles. The summed E-state index contributed by atoms with van der Waals surface area (Å²) in [6.45, 7) is 0. The highest BCUT2D eigenvalue weighted by molar-refractivity contribution is 7.78. The van der Waals surface area contributed by atoms with E-state index in [9.17, 15) is 4.79 Å². The highest BCUT2D eigenvalue weighted by Gasteiger charge is 2.11. The number of benzene rings is 1. The molecule has 0 spiro atoms. The van der Waals surface area contributed by atoms with Crippen molar-refractivity contribution >= 4 is 18.7 Å². The number of hydrogen-bond acceptors (Lipinski definition) is 4. The maximum absolute atomic E-state index is 11.3. The normalized spacial score (nSPS) is 9.36. The van der Waals surface area contributed by atoms with Crippen LogP contribution >= 0.6 is 12.8 Å². The first-order valence-corrected chi connectivity index (χ1v) is 4.34. The van der Waals surface area contributed by atoms with E-state index in [2.05, 4.69) is 17.5 Å². The van der Waals surface area contributed by atoms with E-state index in [0.29, 0.717) is 17.1 Å². The summed E-state index contributed by atoms with van der Waals surface area (Å²) < 4.78 is 12.2. The monoisotopic (exact) mass is 213 g/mol. The van der Waals surface area contributed by atoms with Gasteiger partial charge in [-0.15, -0.1) is 0 Å². The molecule has 0 unspecified atom stereocenters. The van der Waals surface area contributed by atoms with Crippen LogP contribution in [0.25, 0.3) is 0 Å². The molecule has 5 heteroatoms. The largest absolute Gasteiger partial charge is 0.497 e. The van der Waals surface area contributed by atoms with Crippen LogP contribution in [0.5, 0.6) is 11.5 Å². The Morgan fingerprint density at radius 2 is 2.07 bits per heavy atom. The molecule has 0 aromatic heterocycles. The van der Waals surface area contributed by atoms with Crippen LogP contribution in [0.4, 0.5) is 0 Å². The van der Waals surface area contributed by atoms with Gasteiger partial charge in [0.1, 0.15) is 11.5 Å². The van der Waals surface area contributed by atoms with Crippen molar-refractivity contribution in [1.29, 1.82) is 0 Å². The lowest BCUT2D eigenvalue weighted by molar-refractivity contribution is 0.0981. The lowest BCUT2D eigenvalue weighted by Crippen LogP contribution is -2.13. The van der Waals surface area contributed by atoms with Gasteiger partial charge in [0.15, 0.2) is 0 Å². The number of thiol groups is 1. The lowest BCUT2D eigenvalue weighted by Gasteiger charge is -2.08. The molecule has 1 aromatic carbocycles. The number of ether oxygens (including phenoxy) is 2. The van der Waals surface area contributed by atoms with Crippen molar-refractivity contribution < 1.29 is 14.3 Å². The second-order valence-electron chi connectivity index (χ2n) is 2.51. The second-order valence-corrected chi connectivity index (χ2v) is 2.73. The summed E-state index contributed by atoms with van der Waals surface area (Å²) in [5.74, 6) is 0.749. The van der Waals surface area contributed by atoms with Crippen molar-refractivity contribution in [3.8, 4) is 11.5 Å². The third-order valence-corrected chi connectivity index (χ3v) is 1.96. The van der Waals surface area contributed by atoms with Crippen LogP contribution in [0.1, 0.15) is 10.4 Å². The van der Waals surface area contributed by atoms with E-state index in [4.69, 9.17) is 9.47 Å². The minimum absolute atomic E-state index is 0.330. The molecule has 0 aliphatic rings. The Kier molecular flexibility index (Phi) is 3.64. The predicted molar refractivity (Wildman–Crippen MR) is 56.0 cm³/mol. The van der Waals surface area contributed by atoms with Gasteiger partial charge in [-0.05, 0) is 18.2 Å². The van der Waals surface area contributed by atoms with Crippen LogP contribution in [-0.2, 0) is 0 Å². The summed E-state index contributed by atoms with van der Waals surface area (Å²) >= 11 is 3.68. The van der Waals surface area contributed by atoms with Gasteiger partial charge in [-0.25, -0.2) is 0 Å². The first kappa shape index (κ1) is 10.7. The maximum Gasteiger partial charge on any atom is 0.264 e. The molecule has 0 aliphatic heterocycles. The zero-order valence-corrected chi connectivity index (χ0v) is 8.80. The summed E-state index contributed by atoms with van der Waals surface area (Å²) in [7, 11) is 3.03. The van der Waals surface area contributed by atoms with E-state index < -0.39 is 0 Å². The highest BCUT2D eigenvalue weighted by Crippen LogP contribution is 2.23. The topological polar surface area (TPSA) is 47.6 Å². The Hall–Kier alpha value is -1.36. The van der Waals surface area contributed by atoms with Crippen molar-refractivity contribution in [3.05, 3.63) is 23.8 Å². The molecule has 0 fully saturated rings. The molecule has 0 saturated heterocycles. The number of nitrogens with one attached hydrogen (secondary N) is 1. The van der Waals surface area contributed by atoms with Gasteiger partial charge >= 0.3 is 0 Å². The van der Waals surface area contributed by atoms with Gasteiger partial charge in [0, 0.05) is 0 Å². The zero-order chi connectivity index (χ0) is 10.6. The first-order chi connectivity index (χ1) is 6.72. The number of rotatable bonds is 3. The van der Waals surface area contributed by atoms with Crippen LogP contribution < -0.4 is 14.2 Å². The zero-order valence-electron chi connectivity index (χ0n) is 7.90. The average Bonchev–Trinajstić information content (AvgIpc) is 2.27. The van der Waals surface area contributed by atoms with E-state index in [-0.39, 0.29) is 5.91 Å². The Labute approximate surface area is 87.8 Å². The van der Waals surface area contributed by atoms with Gasteiger partial charge in [-0.3, -0.25) is 9.52 Å². The Morgan fingerprint density at radius 3 is 2.57 bits per heavy atom. The smallest absolute Gasteiger partial charge is 0.264 e. The number of carbonyl (C=O) groups excluding carboxylic acids is 1. The molecular formula is C9H11NO3S. The maximum atomic E-state index is 11.3. The molecule has 0 atom stereocenters. The molecule has 4 nitrogen and oxygen atoms in total. The van der Waals surface area contributed by atoms with Crippen LogP contribution in [0.2, 0.25) is 0 Å². The molecule has 0 saturated carbocycles. The highest BCUT2D eigenvalue weighted by atomic mass is 32.1. The van der Waals surface area contributed by atoms with Gasteiger partial charge in [0.05, 0.1) is 19.8 Å². The van der Waals surface area contributed by atoms with E-state index in [0.717, 1.165) is 0 Å². The van der Waals surface area contributed by atoms with E-state index in [1.54, 1.807) is 18.2 Å². The summed E-state index contributed by atoms with van der Waals surface area (Å²) in [5, 5.41) is 0. The molecule has 0 bridgehead atoms. The molecule has 1 amide bonds. The van der Waals surface area contributed by atoms with Gasteiger partial charge in [-0.1, -0.05) is 12.8 Å². The van der Waals surface area contributed by atoms with Crippen LogP contribution in [-0.4, -0.2) is 20.1 Å². The molecule has 76 valence electrons. The standard InChI is InChI=1S/C9H11NO3S/c1-12-6-3-4-8(13-2)7(5-6)9(11)10-14/h3-5,14H,1-2H3,(H,10,11). The fraction of sp³-hybridized carbons (Fsp3) is 0.222. The fourth-order valence-electron chi connectivity index (χ4n) is 1.05. The SMILES string of the molecule is COc1ccc(OC)c(C(=O)NS)c1. The number of amides is 1. The molecule has 1 rings (SSSR count). The van der Waals surface area contributed by atoms with Crippen LogP contribution in [0.15, 0.2) is 18.2 Å². The molecule has 0 radical (unpaired) electrons. The summed E-state index contributed by atoms with van der Waals surface area (Å²) in [5.41, 5.74) is 0.391. The van der Waals surface area contributed by atoms with Crippen molar-refractivity contribution in [2.75, 3.05) is 14.2 Å². The Bertz CT molecular complexity index is 341. The van der Waals surface area contributed by atoms with Crippen molar-refractivity contribution in [3.63, 3.8) is 0 Å². The van der Waals surface area contributed by atoms with Gasteiger partial charge in [-0.2, -0.15) is 0 Å². The number of carbonyl (C=O) groups is 1. The van der Waals surface area contributed by atoms with Crippen molar-refractivity contribution in [2.24, 2.45) is 0 Å². The second kappa shape index (κ2) is 4.76. The molecular weight excluding hydrogens is 202 g/mol. The lowest BCUT2D eigenvalue weighted by atomic mass is 10.2. The number of methoxy groups -OCH3 is 2. The number of hydrogen-bond donors (Lipinski definition) is 2. The first-order valence-electron chi connectivity index (χ1n) is 3.89. The third-order valence-electron chi connectivity index (χ3n) is 1.75. The molecule has 1 N–H and O–H groups in total. The van der Waals surface area contributed by atoms with Crippen molar-refractivity contribution in [1.82, 2.24) is 4.72 Å². The third kappa shape index (κ3) is 2.11. The summed E-state index contributed by atoms with van der Waals surface area (Å²) in [6.07, 6.45) is 0.